The van der Waals surface area contributed by atoms with Crippen molar-refractivity contribution in [3.05, 3.63) is 34.3 Å². The van der Waals surface area contributed by atoms with E-state index in [1.54, 1.807) is 0 Å². The molecule has 1 atom stereocenters. The van der Waals surface area contributed by atoms with Gasteiger partial charge >= 0.3 is 0 Å². The van der Waals surface area contributed by atoms with Crippen molar-refractivity contribution in [1.29, 1.82) is 0 Å². The van der Waals surface area contributed by atoms with Gasteiger partial charge in [-0.25, -0.2) is 0 Å². The highest BCUT2D eigenvalue weighted by molar-refractivity contribution is 9.10. The molecule has 0 spiro atoms. The summed E-state index contributed by atoms with van der Waals surface area (Å²) in [5, 5.41) is 3.44. The molecule has 1 saturated heterocycles. The number of halogens is 1. The van der Waals surface area contributed by atoms with Crippen LogP contribution in [0.3, 0.4) is 0 Å². The lowest BCUT2D eigenvalue weighted by Gasteiger charge is -2.23. The highest BCUT2D eigenvalue weighted by atomic mass is 79.9. The van der Waals surface area contributed by atoms with Crippen molar-refractivity contribution in [2.45, 2.75) is 18.8 Å². The van der Waals surface area contributed by atoms with Gasteiger partial charge in [-0.2, -0.15) is 0 Å². The summed E-state index contributed by atoms with van der Waals surface area (Å²) in [6.07, 6.45) is 2.63. The van der Waals surface area contributed by atoms with Crippen molar-refractivity contribution < 1.29 is 0 Å². The summed E-state index contributed by atoms with van der Waals surface area (Å²) in [4.78, 5) is 0. The number of hydrogen-bond donors (Lipinski definition) is 1. The Labute approximate surface area is 87.7 Å². The molecule has 1 aromatic rings. The first kappa shape index (κ1) is 9.22. The summed E-state index contributed by atoms with van der Waals surface area (Å²) in [6.45, 7) is 2.32. The predicted molar refractivity (Wildman–Crippen MR) is 59.0 cm³/mol. The first-order chi connectivity index (χ1) is 6.36. The molecule has 1 heterocycles. The van der Waals surface area contributed by atoms with Crippen molar-refractivity contribution >= 4 is 15.9 Å². The van der Waals surface area contributed by atoms with Crippen LogP contribution in [0.2, 0.25) is 0 Å². The van der Waals surface area contributed by atoms with Crippen LogP contribution in [-0.4, -0.2) is 13.1 Å². The molecule has 0 amide bonds. The molecule has 13 heavy (non-hydrogen) atoms. The maximum absolute atomic E-state index is 3.51. The van der Waals surface area contributed by atoms with E-state index in [1.807, 2.05) is 0 Å². The van der Waals surface area contributed by atoms with Gasteiger partial charge in [-0.3, -0.25) is 0 Å². The van der Waals surface area contributed by atoms with Crippen LogP contribution in [0, 0.1) is 0 Å². The summed E-state index contributed by atoms with van der Waals surface area (Å²) < 4.78 is 1.19. The van der Waals surface area contributed by atoms with E-state index in [9.17, 15) is 0 Å². The summed E-state index contributed by atoms with van der Waals surface area (Å²) in [7, 11) is 0. The topological polar surface area (TPSA) is 12.0 Å². The fourth-order valence-electron chi connectivity index (χ4n) is 1.90. The van der Waals surface area contributed by atoms with Crippen molar-refractivity contribution in [2.75, 3.05) is 13.1 Å². The summed E-state index contributed by atoms with van der Waals surface area (Å²) >= 11 is 3.51. The Bertz CT molecular complexity index is 279. The van der Waals surface area contributed by atoms with Crippen molar-refractivity contribution in [3.8, 4) is 0 Å². The van der Waals surface area contributed by atoms with E-state index in [0.29, 0.717) is 5.92 Å². The Balaban J connectivity index is 2.14. The second kappa shape index (κ2) is 4.25. The van der Waals surface area contributed by atoms with Crippen LogP contribution in [0.4, 0.5) is 0 Å². The predicted octanol–water partition coefficient (Wildman–Crippen LogP) is 2.92. The van der Waals surface area contributed by atoms with Gasteiger partial charge in [0.05, 0.1) is 0 Å². The molecule has 0 unspecified atom stereocenters. The minimum Gasteiger partial charge on any atom is -0.316 e. The summed E-state index contributed by atoms with van der Waals surface area (Å²) in [5.41, 5.74) is 1.46. The molecular weight excluding hydrogens is 226 g/mol. The van der Waals surface area contributed by atoms with E-state index < -0.39 is 0 Å². The zero-order valence-corrected chi connectivity index (χ0v) is 9.18. The van der Waals surface area contributed by atoms with E-state index in [2.05, 4.69) is 45.5 Å². The number of benzene rings is 1. The normalized spacial score (nSPS) is 23.0. The minimum atomic E-state index is 0.714. The second-order valence-corrected chi connectivity index (χ2v) is 4.51. The van der Waals surface area contributed by atoms with Crippen molar-refractivity contribution in [1.82, 2.24) is 5.32 Å². The lowest BCUT2D eigenvalue weighted by atomic mass is 9.92. The Morgan fingerprint density at radius 1 is 1.38 bits per heavy atom. The van der Waals surface area contributed by atoms with Gasteiger partial charge in [-0.15, -0.1) is 0 Å². The Morgan fingerprint density at radius 2 is 2.31 bits per heavy atom. The highest BCUT2D eigenvalue weighted by Crippen LogP contribution is 2.25. The molecule has 1 aliphatic rings. The van der Waals surface area contributed by atoms with E-state index in [-0.39, 0.29) is 0 Å². The average molecular weight is 240 g/mol. The van der Waals surface area contributed by atoms with E-state index >= 15 is 0 Å². The van der Waals surface area contributed by atoms with Gasteiger partial charge < -0.3 is 5.32 Å². The molecule has 2 rings (SSSR count). The smallest absolute Gasteiger partial charge is 0.0178 e. The maximum atomic E-state index is 3.51. The van der Waals surface area contributed by atoms with Gasteiger partial charge in [0.1, 0.15) is 0 Å². The second-order valence-electron chi connectivity index (χ2n) is 3.60. The lowest BCUT2D eigenvalue weighted by Crippen LogP contribution is -2.28. The molecule has 70 valence electrons. The highest BCUT2D eigenvalue weighted by Gasteiger charge is 2.14. The molecule has 1 aliphatic heterocycles. The Kier molecular flexibility index (Phi) is 3.01. The van der Waals surface area contributed by atoms with Gasteiger partial charge in [0.2, 0.25) is 0 Å². The molecular formula is C11H14BrN. The third-order valence-corrected chi connectivity index (χ3v) is 3.11. The first-order valence-corrected chi connectivity index (χ1v) is 5.62. The van der Waals surface area contributed by atoms with Crippen LogP contribution < -0.4 is 5.32 Å². The van der Waals surface area contributed by atoms with Crippen LogP contribution in [-0.2, 0) is 0 Å². The third-order valence-electron chi connectivity index (χ3n) is 2.62. The fourth-order valence-corrected chi connectivity index (χ4v) is 2.31. The van der Waals surface area contributed by atoms with Crippen LogP contribution in [0.1, 0.15) is 24.3 Å². The number of piperidine rings is 1. The molecule has 1 fully saturated rings. The van der Waals surface area contributed by atoms with Gasteiger partial charge in [0.25, 0.3) is 0 Å². The molecule has 0 radical (unpaired) electrons. The van der Waals surface area contributed by atoms with Crippen LogP contribution in [0.5, 0.6) is 0 Å². The minimum absolute atomic E-state index is 0.714. The SMILES string of the molecule is Brc1cccc([C@H]2CCCNC2)c1. The number of rotatable bonds is 1. The maximum Gasteiger partial charge on any atom is 0.0178 e. The van der Waals surface area contributed by atoms with Crippen LogP contribution in [0.15, 0.2) is 28.7 Å². The van der Waals surface area contributed by atoms with Crippen LogP contribution >= 0.6 is 15.9 Å². The van der Waals surface area contributed by atoms with E-state index in [0.717, 1.165) is 6.54 Å². The van der Waals surface area contributed by atoms with Gasteiger partial charge in [0, 0.05) is 11.0 Å². The first-order valence-electron chi connectivity index (χ1n) is 4.82. The molecule has 1 nitrogen and oxygen atoms in total. The molecule has 0 bridgehead atoms. The average Bonchev–Trinajstić information content (AvgIpc) is 2.19. The number of nitrogens with one attached hydrogen (secondary N) is 1. The lowest BCUT2D eigenvalue weighted by molar-refractivity contribution is 0.461. The van der Waals surface area contributed by atoms with Gasteiger partial charge in [-0.05, 0) is 43.0 Å². The fraction of sp³-hybridized carbons (Fsp3) is 0.455. The molecule has 0 aliphatic carbocycles. The third kappa shape index (κ3) is 2.32. The molecule has 0 saturated carbocycles. The Morgan fingerprint density at radius 3 is 3.00 bits per heavy atom. The van der Waals surface area contributed by atoms with Gasteiger partial charge in [-0.1, -0.05) is 28.1 Å². The van der Waals surface area contributed by atoms with E-state index in [1.165, 1.54) is 29.4 Å². The van der Waals surface area contributed by atoms with Gasteiger partial charge in [0.15, 0.2) is 0 Å². The zero-order valence-electron chi connectivity index (χ0n) is 7.59. The quantitative estimate of drug-likeness (QED) is 0.795. The molecule has 1 N–H and O–H groups in total. The standard InChI is InChI=1S/C11H14BrN/c12-11-5-1-3-9(7-11)10-4-2-6-13-8-10/h1,3,5,7,10,13H,2,4,6,8H2/t10-/m0/s1. The van der Waals surface area contributed by atoms with E-state index in [4.69, 9.17) is 0 Å². The van der Waals surface area contributed by atoms with Crippen LogP contribution in [0.25, 0.3) is 0 Å². The largest absolute Gasteiger partial charge is 0.316 e. The molecule has 1 aromatic carbocycles. The number of hydrogen-bond acceptors (Lipinski definition) is 1. The monoisotopic (exact) mass is 239 g/mol. The molecule has 2 heteroatoms. The van der Waals surface area contributed by atoms with Crippen molar-refractivity contribution in [2.24, 2.45) is 0 Å². The zero-order chi connectivity index (χ0) is 9.10. The molecule has 0 aromatic heterocycles. The van der Waals surface area contributed by atoms with Crippen molar-refractivity contribution in [3.63, 3.8) is 0 Å². The Hall–Kier alpha value is -0.340. The summed E-state index contributed by atoms with van der Waals surface area (Å²) in [5.74, 6) is 0.714. The summed E-state index contributed by atoms with van der Waals surface area (Å²) in [6, 6.07) is 8.66.